The Labute approximate surface area is 122 Å². The predicted molar refractivity (Wildman–Crippen MR) is 81.2 cm³/mol. The number of rotatable bonds is 0. The molecule has 1 nitrogen and oxygen atoms in total. The topological polar surface area (TPSA) is 17.1 Å². The fourth-order valence-electron chi connectivity index (χ4n) is 6.19. The Hall–Kier alpha value is -0.850. The molecule has 0 bridgehead atoms. The zero-order valence-electron chi connectivity index (χ0n) is 12.8. The van der Waals surface area contributed by atoms with Crippen LogP contribution in [0.1, 0.15) is 58.8 Å². The van der Waals surface area contributed by atoms with Crippen molar-refractivity contribution in [1.29, 1.82) is 0 Å². The van der Waals surface area contributed by atoms with Crippen LogP contribution >= 0.6 is 0 Å². The summed E-state index contributed by atoms with van der Waals surface area (Å²) in [6, 6.07) is 0. The summed E-state index contributed by atoms with van der Waals surface area (Å²) in [5.74, 6) is 2.84. The first-order valence-electron chi connectivity index (χ1n) is 8.47. The lowest BCUT2D eigenvalue weighted by Gasteiger charge is -2.56. The number of carbonyl (C=O) groups excluding carboxylic acids is 1. The van der Waals surface area contributed by atoms with Gasteiger partial charge < -0.3 is 0 Å². The van der Waals surface area contributed by atoms with Crippen LogP contribution in [0.5, 0.6) is 0 Å². The minimum Gasteiger partial charge on any atom is -0.290 e. The highest BCUT2D eigenvalue weighted by atomic mass is 16.1. The Kier molecular flexibility index (Phi) is 2.63. The molecular formula is C19H26O. The van der Waals surface area contributed by atoms with Gasteiger partial charge in [0, 0.05) is 5.41 Å². The average molecular weight is 270 g/mol. The molecule has 20 heavy (non-hydrogen) atoms. The summed E-state index contributed by atoms with van der Waals surface area (Å²) in [4.78, 5) is 11.7. The highest BCUT2D eigenvalue weighted by Gasteiger charge is 2.55. The van der Waals surface area contributed by atoms with Crippen molar-refractivity contribution in [3.63, 3.8) is 0 Å². The molecule has 0 radical (unpaired) electrons. The number of hydrogen-bond donors (Lipinski definition) is 0. The number of fused-ring (bicyclic) bond motifs is 5. The summed E-state index contributed by atoms with van der Waals surface area (Å²) in [5, 5.41) is 0. The molecule has 5 atom stereocenters. The van der Waals surface area contributed by atoms with Crippen LogP contribution in [0.25, 0.3) is 0 Å². The van der Waals surface area contributed by atoms with Crippen LogP contribution in [0.3, 0.4) is 0 Å². The van der Waals surface area contributed by atoms with Gasteiger partial charge in [-0.15, -0.1) is 0 Å². The lowest BCUT2D eigenvalue weighted by Crippen LogP contribution is -2.48. The van der Waals surface area contributed by atoms with Crippen molar-refractivity contribution < 1.29 is 4.79 Å². The van der Waals surface area contributed by atoms with Crippen molar-refractivity contribution in [1.82, 2.24) is 0 Å². The highest BCUT2D eigenvalue weighted by Crippen LogP contribution is 2.64. The van der Waals surface area contributed by atoms with E-state index in [-0.39, 0.29) is 11.2 Å². The van der Waals surface area contributed by atoms with Crippen LogP contribution in [0.4, 0.5) is 0 Å². The van der Waals surface area contributed by atoms with Crippen LogP contribution in [0.2, 0.25) is 0 Å². The van der Waals surface area contributed by atoms with Gasteiger partial charge in [-0.1, -0.05) is 31.9 Å². The quantitative estimate of drug-likeness (QED) is 0.624. The zero-order valence-corrected chi connectivity index (χ0v) is 12.8. The largest absolute Gasteiger partial charge is 0.290 e. The van der Waals surface area contributed by atoms with E-state index >= 15 is 0 Å². The van der Waals surface area contributed by atoms with Gasteiger partial charge in [-0.2, -0.15) is 0 Å². The number of allylic oxidation sites excluding steroid dienone is 4. The molecule has 4 aliphatic carbocycles. The number of hydrogen-bond acceptors (Lipinski definition) is 1. The maximum Gasteiger partial charge on any atom is 0.178 e. The van der Waals surface area contributed by atoms with Gasteiger partial charge in [0.25, 0.3) is 0 Å². The predicted octanol–water partition coefficient (Wildman–Crippen LogP) is 4.68. The fraction of sp³-hybridized carbons (Fsp3) is 0.737. The number of carbonyl (C=O) groups is 1. The Morgan fingerprint density at radius 2 is 1.95 bits per heavy atom. The Morgan fingerprint density at radius 3 is 2.80 bits per heavy atom. The first-order valence-corrected chi connectivity index (χ1v) is 8.47. The van der Waals surface area contributed by atoms with Crippen molar-refractivity contribution in [3.05, 3.63) is 23.8 Å². The molecule has 4 aliphatic rings. The second-order valence-corrected chi connectivity index (χ2v) is 8.19. The van der Waals surface area contributed by atoms with Crippen LogP contribution < -0.4 is 0 Å². The molecule has 0 amide bonds. The third-order valence-corrected chi connectivity index (χ3v) is 7.34. The van der Waals surface area contributed by atoms with E-state index in [1.807, 2.05) is 12.2 Å². The molecule has 0 N–H and O–H groups in total. The molecule has 3 unspecified atom stereocenters. The van der Waals surface area contributed by atoms with E-state index in [1.165, 1.54) is 44.1 Å². The van der Waals surface area contributed by atoms with Crippen LogP contribution in [-0.2, 0) is 4.79 Å². The summed E-state index contributed by atoms with van der Waals surface area (Å²) in [6.45, 7) is 4.95. The minimum atomic E-state index is 0.181. The summed E-state index contributed by atoms with van der Waals surface area (Å²) in [6.07, 6.45) is 15.6. The van der Waals surface area contributed by atoms with Gasteiger partial charge in [-0.3, -0.25) is 4.79 Å². The van der Waals surface area contributed by atoms with E-state index in [4.69, 9.17) is 0 Å². The molecule has 0 aromatic rings. The molecule has 0 heterocycles. The third kappa shape index (κ3) is 1.58. The van der Waals surface area contributed by atoms with Crippen LogP contribution in [0, 0.1) is 28.6 Å². The first-order chi connectivity index (χ1) is 9.53. The van der Waals surface area contributed by atoms with E-state index in [0.29, 0.717) is 5.41 Å². The van der Waals surface area contributed by atoms with E-state index in [1.54, 1.807) is 0 Å². The van der Waals surface area contributed by atoms with Gasteiger partial charge in [-0.05, 0) is 73.8 Å². The minimum absolute atomic E-state index is 0.181. The van der Waals surface area contributed by atoms with E-state index in [2.05, 4.69) is 19.9 Å². The van der Waals surface area contributed by atoms with Gasteiger partial charge in [0.15, 0.2) is 5.78 Å². The van der Waals surface area contributed by atoms with Crippen molar-refractivity contribution in [2.75, 3.05) is 0 Å². The van der Waals surface area contributed by atoms with E-state index in [9.17, 15) is 4.79 Å². The van der Waals surface area contributed by atoms with Crippen molar-refractivity contribution in [2.24, 2.45) is 28.6 Å². The lowest BCUT2D eigenvalue weighted by atomic mass is 9.48. The summed E-state index contributed by atoms with van der Waals surface area (Å²) in [5.41, 5.74) is 2.24. The van der Waals surface area contributed by atoms with Crippen LogP contribution in [0.15, 0.2) is 23.8 Å². The Bertz CT molecular complexity index is 514. The average Bonchev–Trinajstić information content (AvgIpc) is 2.81. The highest BCUT2D eigenvalue weighted by molar-refractivity contribution is 6.01. The zero-order chi connectivity index (χ0) is 14.0. The fourth-order valence-corrected chi connectivity index (χ4v) is 6.19. The molecule has 3 fully saturated rings. The molecule has 0 aromatic heterocycles. The molecule has 0 saturated heterocycles. The number of ketones is 1. The van der Waals surface area contributed by atoms with Crippen molar-refractivity contribution in [3.8, 4) is 0 Å². The normalized spacial score (nSPS) is 50.2. The lowest BCUT2D eigenvalue weighted by molar-refractivity contribution is -0.111. The van der Waals surface area contributed by atoms with Gasteiger partial charge in [-0.25, -0.2) is 0 Å². The molecule has 0 aromatic carbocycles. The Balaban J connectivity index is 1.71. The van der Waals surface area contributed by atoms with Gasteiger partial charge >= 0.3 is 0 Å². The molecule has 0 spiro atoms. The van der Waals surface area contributed by atoms with Crippen molar-refractivity contribution >= 4 is 5.78 Å². The summed E-state index contributed by atoms with van der Waals surface area (Å²) < 4.78 is 0. The summed E-state index contributed by atoms with van der Waals surface area (Å²) >= 11 is 0. The maximum absolute atomic E-state index is 11.7. The standard InChI is InChI=1S/C19H26O/c1-18-9-3-4-16(18)15-6-5-13-12-14(20)7-11-19(13,2)17(15)8-10-18/h7,11-12,15-17H,3-6,8-10H2,1-2H3/t15?,16?,17?,18-,19-/m0/s1. The van der Waals surface area contributed by atoms with Crippen LogP contribution in [-0.4, -0.2) is 5.78 Å². The van der Waals surface area contributed by atoms with Crippen molar-refractivity contribution in [2.45, 2.75) is 58.8 Å². The smallest absolute Gasteiger partial charge is 0.178 e. The molecule has 4 rings (SSSR count). The van der Waals surface area contributed by atoms with Gasteiger partial charge in [0.2, 0.25) is 0 Å². The van der Waals surface area contributed by atoms with Gasteiger partial charge in [0.1, 0.15) is 0 Å². The third-order valence-electron chi connectivity index (χ3n) is 7.34. The SMILES string of the molecule is C[C@@]12CCCC1C1CCC3=CC(=O)C=C[C@]3(C)C1CC2. The second-order valence-electron chi connectivity index (χ2n) is 8.19. The van der Waals surface area contributed by atoms with E-state index < -0.39 is 0 Å². The molecule has 108 valence electrons. The summed E-state index contributed by atoms with van der Waals surface area (Å²) in [7, 11) is 0. The Morgan fingerprint density at radius 1 is 1.10 bits per heavy atom. The molecule has 0 aliphatic heterocycles. The monoisotopic (exact) mass is 270 g/mol. The first kappa shape index (κ1) is 12.9. The molecule has 3 saturated carbocycles. The van der Waals surface area contributed by atoms with E-state index in [0.717, 1.165) is 24.2 Å². The second kappa shape index (κ2) is 4.08. The molecular weight excluding hydrogens is 244 g/mol. The molecule has 1 heteroatoms. The van der Waals surface area contributed by atoms with Gasteiger partial charge in [0.05, 0.1) is 0 Å². The maximum atomic E-state index is 11.7.